The number of benzene rings is 1. The van der Waals surface area contributed by atoms with Gasteiger partial charge in [0.2, 0.25) is 0 Å². The fourth-order valence-electron chi connectivity index (χ4n) is 2.39. The van der Waals surface area contributed by atoms with E-state index in [9.17, 15) is 9.18 Å². The lowest BCUT2D eigenvalue weighted by atomic mass is 10.1. The summed E-state index contributed by atoms with van der Waals surface area (Å²) in [5, 5.41) is 1.95. The zero-order chi connectivity index (χ0) is 16.2. The first kappa shape index (κ1) is 16.4. The maximum Gasteiger partial charge on any atom is 0.185 e. The molecule has 1 aliphatic rings. The number of thiophene rings is 1. The van der Waals surface area contributed by atoms with Gasteiger partial charge in [0.05, 0.1) is 18.9 Å². The summed E-state index contributed by atoms with van der Waals surface area (Å²) in [6, 6.07) is 6.58. The van der Waals surface area contributed by atoms with E-state index in [1.165, 1.54) is 23.5 Å². The SMILES string of the molecule is O=C(/C=C/c1cc(Br)cs1)c1ccc(N2CCOCC2)c(F)c1. The molecule has 120 valence electrons. The minimum absolute atomic E-state index is 0.207. The third-order valence-electron chi connectivity index (χ3n) is 3.57. The molecule has 2 aromatic rings. The first-order valence-electron chi connectivity index (χ1n) is 7.22. The molecule has 1 aliphatic heterocycles. The Bertz CT molecular complexity index is 738. The Morgan fingerprint density at radius 3 is 2.74 bits per heavy atom. The maximum absolute atomic E-state index is 14.3. The van der Waals surface area contributed by atoms with E-state index in [-0.39, 0.29) is 11.6 Å². The molecule has 0 amide bonds. The van der Waals surface area contributed by atoms with Gasteiger partial charge < -0.3 is 9.64 Å². The average molecular weight is 396 g/mol. The largest absolute Gasteiger partial charge is 0.378 e. The Balaban J connectivity index is 1.74. The highest BCUT2D eigenvalue weighted by atomic mass is 79.9. The van der Waals surface area contributed by atoms with Crippen molar-refractivity contribution in [3.05, 3.63) is 56.5 Å². The Morgan fingerprint density at radius 2 is 2.09 bits per heavy atom. The summed E-state index contributed by atoms with van der Waals surface area (Å²) in [6.45, 7) is 2.52. The molecule has 6 heteroatoms. The van der Waals surface area contributed by atoms with Gasteiger partial charge in [-0.05, 0) is 52.3 Å². The first-order chi connectivity index (χ1) is 11.1. The quantitative estimate of drug-likeness (QED) is 0.568. The van der Waals surface area contributed by atoms with Crippen LogP contribution in [0.25, 0.3) is 6.08 Å². The van der Waals surface area contributed by atoms with Crippen molar-refractivity contribution in [3.8, 4) is 0 Å². The number of hydrogen-bond acceptors (Lipinski definition) is 4. The van der Waals surface area contributed by atoms with Crippen molar-refractivity contribution in [2.24, 2.45) is 0 Å². The van der Waals surface area contributed by atoms with E-state index < -0.39 is 0 Å². The van der Waals surface area contributed by atoms with Crippen LogP contribution in [-0.4, -0.2) is 32.1 Å². The molecule has 0 unspecified atom stereocenters. The zero-order valence-corrected chi connectivity index (χ0v) is 14.7. The number of hydrogen-bond donors (Lipinski definition) is 0. The van der Waals surface area contributed by atoms with Crippen molar-refractivity contribution in [2.45, 2.75) is 0 Å². The van der Waals surface area contributed by atoms with E-state index >= 15 is 0 Å². The lowest BCUT2D eigenvalue weighted by Gasteiger charge is -2.29. The average Bonchev–Trinajstić information content (AvgIpc) is 2.99. The van der Waals surface area contributed by atoms with Gasteiger partial charge in [-0.2, -0.15) is 0 Å². The molecule has 2 heterocycles. The van der Waals surface area contributed by atoms with E-state index in [0.717, 1.165) is 9.35 Å². The van der Waals surface area contributed by atoms with Gasteiger partial charge in [-0.3, -0.25) is 4.79 Å². The number of rotatable bonds is 4. The molecular weight excluding hydrogens is 381 g/mol. The van der Waals surface area contributed by atoms with Crippen molar-refractivity contribution in [2.75, 3.05) is 31.2 Å². The predicted molar refractivity (Wildman–Crippen MR) is 94.8 cm³/mol. The van der Waals surface area contributed by atoms with E-state index in [0.29, 0.717) is 37.6 Å². The lowest BCUT2D eigenvalue weighted by molar-refractivity contribution is 0.104. The fraction of sp³-hybridized carbons (Fsp3) is 0.235. The van der Waals surface area contributed by atoms with Gasteiger partial charge in [-0.1, -0.05) is 0 Å². The number of nitrogens with zero attached hydrogens (tertiary/aromatic N) is 1. The molecule has 1 aromatic carbocycles. The Morgan fingerprint density at radius 1 is 1.30 bits per heavy atom. The van der Waals surface area contributed by atoms with Crippen molar-refractivity contribution < 1.29 is 13.9 Å². The molecule has 0 aliphatic carbocycles. The third-order valence-corrected chi connectivity index (χ3v) is 5.23. The first-order valence-corrected chi connectivity index (χ1v) is 8.89. The number of anilines is 1. The van der Waals surface area contributed by atoms with E-state index in [1.54, 1.807) is 18.2 Å². The van der Waals surface area contributed by atoms with Crippen molar-refractivity contribution in [3.63, 3.8) is 0 Å². The summed E-state index contributed by atoms with van der Waals surface area (Å²) < 4.78 is 20.5. The summed E-state index contributed by atoms with van der Waals surface area (Å²) >= 11 is 4.90. The second kappa shape index (κ2) is 7.38. The monoisotopic (exact) mass is 395 g/mol. The van der Waals surface area contributed by atoms with Crippen LogP contribution in [0.15, 0.2) is 40.2 Å². The Hall–Kier alpha value is -1.50. The van der Waals surface area contributed by atoms with Crippen LogP contribution in [0.4, 0.5) is 10.1 Å². The van der Waals surface area contributed by atoms with Gasteiger partial charge in [-0.15, -0.1) is 11.3 Å². The van der Waals surface area contributed by atoms with Gasteiger partial charge >= 0.3 is 0 Å². The zero-order valence-electron chi connectivity index (χ0n) is 12.3. The topological polar surface area (TPSA) is 29.5 Å². The van der Waals surface area contributed by atoms with E-state index in [1.807, 2.05) is 16.3 Å². The molecule has 0 radical (unpaired) electrons. The molecule has 0 N–H and O–H groups in total. The highest BCUT2D eigenvalue weighted by Crippen LogP contribution is 2.23. The molecule has 0 bridgehead atoms. The summed E-state index contributed by atoms with van der Waals surface area (Å²) in [5.74, 6) is -0.577. The molecule has 1 fully saturated rings. The second-order valence-corrected chi connectivity index (χ2v) is 6.99. The highest BCUT2D eigenvalue weighted by Gasteiger charge is 2.16. The summed E-state index contributed by atoms with van der Waals surface area (Å²) in [4.78, 5) is 15.1. The van der Waals surface area contributed by atoms with Gasteiger partial charge in [0.1, 0.15) is 5.82 Å². The van der Waals surface area contributed by atoms with Gasteiger partial charge in [0.15, 0.2) is 5.78 Å². The maximum atomic E-state index is 14.3. The second-order valence-electron chi connectivity index (χ2n) is 5.13. The molecule has 3 nitrogen and oxygen atoms in total. The third kappa shape index (κ3) is 4.07. The number of carbonyl (C=O) groups excluding carboxylic acids is 1. The minimum Gasteiger partial charge on any atom is -0.378 e. The molecule has 1 saturated heterocycles. The van der Waals surface area contributed by atoms with Crippen molar-refractivity contribution in [1.29, 1.82) is 0 Å². The minimum atomic E-state index is -0.370. The van der Waals surface area contributed by atoms with Gasteiger partial charge in [-0.25, -0.2) is 4.39 Å². The molecule has 1 aromatic heterocycles. The van der Waals surface area contributed by atoms with Crippen molar-refractivity contribution in [1.82, 2.24) is 0 Å². The summed E-state index contributed by atoms with van der Waals surface area (Å²) in [7, 11) is 0. The molecule has 0 spiro atoms. The van der Waals surface area contributed by atoms with Crippen LogP contribution in [0.5, 0.6) is 0 Å². The standard InChI is InChI=1S/C17H15BrFNO2S/c18-13-10-14(23-11-13)2-4-17(21)12-1-3-16(15(19)9-12)20-5-7-22-8-6-20/h1-4,9-11H,5-8H2/b4-2+. The fourth-order valence-corrected chi connectivity index (χ4v) is 3.73. The number of morpholine rings is 1. The predicted octanol–water partition coefficient (Wildman–Crippen LogP) is 4.38. The van der Waals surface area contributed by atoms with Crippen LogP contribution >= 0.6 is 27.3 Å². The lowest BCUT2D eigenvalue weighted by Crippen LogP contribution is -2.36. The molecule has 3 rings (SSSR count). The molecular formula is C17H15BrFNO2S. The van der Waals surface area contributed by atoms with E-state index in [2.05, 4.69) is 15.9 Å². The van der Waals surface area contributed by atoms with Crippen LogP contribution in [0.1, 0.15) is 15.2 Å². The van der Waals surface area contributed by atoms with Gasteiger partial charge in [0.25, 0.3) is 0 Å². The van der Waals surface area contributed by atoms with Crippen LogP contribution in [-0.2, 0) is 4.74 Å². The number of ether oxygens (including phenoxy) is 1. The van der Waals surface area contributed by atoms with E-state index in [4.69, 9.17) is 4.74 Å². The Labute approximate surface area is 146 Å². The summed E-state index contributed by atoms with van der Waals surface area (Å²) in [6.07, 6.45) is 3.22. The van der Waals surface area contributed by atoms with Gasteiger partial charge in [0, 0.05) is 33.4 Å². The molecule has 0 atom stereocenters. The number of ketones is 1. The van der Waals surface area contributed by atoms with Crippen LogP contribution in [0.3, 0.4) is 0 Å². The number of halogens is 2. The van der Waals surface area contributed by atoms with Crippen LogP contribution < -0.4 is 4.90 Å². The molecule has 0 saturated carbocycles. The smallest absolute Gasteiger partial charge is 0.185 e. The van der Waals surface area contributed by atoms with Crippen LogP contribution in [0.2, 0.25) is 0 Å². The number of allylic oxidation sites excluding steroid dienone is 1. The van der Waals surface area contributed by atoms with Crippen LogP contribution in [0, 0.1) is 5.82 Å². The Kier molecular flexibility index (Phi) is 5.25. The summed E-state index contributed by atoms with van der Waals surface area (Å²) in [5.41, 5.74) is 0.877. The molecule has 23 heavy (non-hydrogen) atoms. The number of carbonyl (C=O) groups is 1. The highest BCUT2D eigenvalue weighted by molar-refractivity contribution is 9.10. The van der Waals surface area contributed by atoms with Crippen molar-refractivity contribution >= 4 is 44.8 Å². The normalized spacial score (nSPS) is 15.3.